The summed E-state index contributed by atoms with van der Waals surface area (Å²) in [4.78, 5) is 16.6. The molecule has 1 aliphatic rings. The van der Waals surface area contributed by atoms with Gasteiger partial charge in [0, 0.05) is 31.6 Å². The van der Waals surface area contributed by atoms with Gasteiger partial charge in [0.15, 0.2) is 0 Å². The van der Waals surface area contributed by atoms with Crippen LogP contribution in [-0.2, 0) is 0 Å². The number of aryl methyl sites for hydroxylation is 1. The molecule has 1 aromatic heterocycles. The molecule has 2 heterocycles. The van der Waals surface area contributed by atoms with Crippen molar-refractivity contribution >= 4 is 17.2 Å². The van der Waals surface area contributed by atoms with Gasteiger partial charge >= 0.3 is 0 Å². The molecule has 0 N–H and O–H groups in total. The van der Waals surface area contributed by atoms with Crippen LogP contribution in [0.15, 0.2) is 41.1 Å². The molecule has 5 heteroatoms. The summed E-state index contributed by atoms with van der Waals surface area (Å²) in [5.74, 6) is 0.108. The molecule has 0 radical (unpaired) electrons. The van der Waals surface area contributed by atoms with Crippen molar-refractivity contribution in [1.29, 1.82) is 5.26 Å². The van der Waals surface area contributed by atoms with Crippen LogP contribution in [0.5, 0.6) is 0 Å². The number of nitrogens with zero attached hydrogens (tertiary/aromatic N) is 3. The van der Waals surface area contributed by atoms with Crippen molar-refractivity contribution in [2.45, 2.75) is 13.0 Å². The molecule has 0 spiro atoms. The molecule has 1 aliphatic heterocycles. The SMILES string of the molecule is Cc1cscc1C(=O)N1CCN([C@@H](C#N)c2ccccc2)CC1. The summed E-state index contributed by atoms with van der Waals surface area (Å²) in [6.45, 7) is 4.75. The maximum Gasteiger partial charge on any atom is 0.255 e. The molecule has 2 aromatic rings. The average molecular weight is 325 g/mol. The average Bonchev–Trinajstić information content (AvgIpc) is 3.02. The number of rotatable bonds is 3. The van der Waals surface area contributed by atoms with Crippen molar-refractivity contribution in [2.24, 2.45) is 0 Å². The lowest BCUT2D eigenvalue weighted by molar-refractivity contribution is 0.0606. The number of nitriles is 1. The number of hydrogen-bond donors (Lipinski definition) is 0. The summed E-state index contributed by atoms with van der Waals surface area (Å²) in [7, 11) is 0. The summed E-state index contributed by atoms with van der Waals surface area (Å²) < 4.78 is 0. The molecular formula is C18H19N3OS. The number of carbonyl (C=O) groups is 1. The van der Waals surface area contributed by atoms with E-state index in [2.05, 4.69) is 11.0 Å². The van der Waals surface area contributed by atoms with Crippen molar-refractivity contribution in [1.82, 2.24) is 9.80 Å². The third kappa shape index (κ3) is 3.29. The number of benzene rings is 1. The van der Waals surface area contributed by atoms with Crippen LogP contribution in [0.2, 0.25) is 0 Å². The predicted octanol–water partition coefficient (Wildman–Crippen LogP) is 3.08. The second-order valence-electron chi connectivity index (χ2n) is 5.74. The van der Waals surface area contributed by atoms with Crippen LogP contribution in [0.25, 0.3) is 0 Å². The van der Waals surface area contributed by atoms with E-state index in [1.165, 1.54) is 0 Å². The molecule has 1 atom stereocenters. The molecule has 23 heavy (non-hydrogen) atoms. The Balaban J connectivity index is 1.65. The van der Waals surface area contributed by atoms with Gasteiger partial charge in [0.1, 0.15) is 6.04 Å². The summed E-state index contributed by atoms with van der Waals surface area (Å²) >= 11 is 1.56. The quantitative estimate of drug-likeness (QED) is 0.871. The number of piperazine rings is 1. The van der Waals surface area contributed by atoms with Gasteiger partial charge in [0.25, 0.3) is 5.91 Å². The van der Waals surface area contributed by atoms with Crippen LogP contribution in [0, 0.1) is 18.3 Å². The van der Waals surface area contributed by atoms with E-state index in [0.29, 0.717) is 13.1 Å². The number of thiophene rings is 1. The maximum atomic E-state index is 12.5. The third-order valence-corrected chi connectivity index (χ3v) is 5.15. The fraction of sp³-hybridized carbons (Fsp3) is 0.333. The standard InChI is InChI=1S/C18H19N3OS/c1-14-12-23-13-16(14)18(22)21-9-7-20(8-10-21)17(11-19)15-5-3-2-4-6-15/h2-6,12-13,17H,7-10H2,1H3/t17-/m0/s1. The molecule has 0 bridgehead atoms. The zero-order valence-electron chi connectivity index (χ0n) is 13.1. The Labute approximate surface area is 140 Å². The summed E-state index contributed by atoms with van der Waals surface area (Å²) in [6.07, 6.45) is 0. The van der Waals surface area contributed by atoms with Gasteiger partial charge < -0.3 is 4.90 Å². The maximum absolute atomic E-state index is 12.5. The minimum absolute atomic E-state index is 0.108. The molecular weight excluding hydrogens is 306 g/mol. The Morgan fingerprint density at radius 2 is 1.87 bits per heavy atom. The van der Waals surface area contributed by atoms with Crippen molar-refractivity contribution in [3.63, 3.8) is 0 Å². The first-order valence-electron chi connectivity index (χ1n) is 7.71. The van der Waals surface area contributed by atoms with Crippen LogP contribution in [-0.4, -0.2) is 41.9 Å². The van der Waals surface area contributed by atoms with Gasteiger partial charge in [-0.15, -0.1) is 0 Å². The zero-order chi connectivity index (χ0) is 16.2. The Morgan fingerprint density at radius 1 is 1.17 bits per heavy atom. The van der Waals surface area contributed by atoms with Crippen molar-refractivity contribution in [2.75, 3.05) is 26.2 Å². The van der Waals surface area contributed by atoms with E-state index >= 15 is 0 Å². The van der Waals surface area contributed by atoms with E-state index < -0.39 is 0 Å². The number of hydrogen-bond acceptors (Lipinski definition) is 4. The topological polar surface area (TPSA) is 47.3 Å². The molecule has 1 fully saturated rings. The Morgan fingerprint density at radius 3 is 2.43 bits per heavy atom. The smallest absolute Gasteiger partial charge is 0.255 e. The molecule has 118 valence electrons. The highest BCUT2D eigenvalue weighted by Crippen LogP contribution is 2.23. The minimum Gasteiger partial charge on any atom is -0.336 e. The van der Waals surface area contributed by atoms with E-state index in [1.807, 2.05) is 52.9 Å². The van der Waals surface area contributed by atoms with Crippen LogP contribution >= 0.6 is 11.3 Å². The molecule has 1 amide bonds. The Bertz CT molecular complexity index is 711. The molecule has 0 saturated carbocycles. The van der Waals surface area contributed by atoms with E-state index in [4.69, 9.17) is 0 Å². The molecule has 1 saturated heterocycles. The molecule has 4 nitrogen and oxygen atoms in total. The highest BCUT2D eigenvalue weighted by Gasteiger charge is 2.28. The summed E-state index contributed by atoms with van der Waals surface area (Å²) in [5, 5.41) is 13.4. The largest absolute Gasteiger partial charge is 0.336 e. The lowest BCUT2D eigenvalue weighted by Gasteiger charge is -2.37. The van der Waals surface area contributed by atoms with Gasteiger partial charge in [0.05, 0.1) is 11.6 Å². The van der Waals surface area contributed by atoms with E-state index in [1.54, 1.807) is 11.3 Å². The normalized spacial score (nSPS) is 16.8. The molecule has 1 aromatic carbocycles. The summed E-state index contributed by atoms with van der Waals surface area (Å²) in [5.41, 5.74) is 2.87. The van der Waals surface area contributed by atoms with Crippen LogP contribution < -0.4 is 0 Å². The van der Waals surface area contributed by atoms with Crippen LogP contribution in [0.3, 0.4) is 0 Å². The van der Waals surface area contributed by atoms with Crippen LogP contribution in [0.1, 0.15) is 27.5 Å². The van der Waals surface area contributed by atoms with Crippen molar-refractivity contribution < 1.29 is 4.79 Å². The lowest BCUT2D eigenvalue weighted by Crippen LogP contribution is -2.49. The molecule has 0 aliphatic carbocycles. The van der Waals surface area contributed by atoms with Gasteiger partial charge in [0.2, 0.25) is 0 Å². The Hall–Kier alpha value is -2.16. The van der Waals surface area contributed by atoms with Gasteiger partial charge in [-0.2, -0.15) is 16.6 Å². The van der Waals surface area contributed by atoms with Gasteiger partial charge in [-0.3, -0.25) is 9.69 Å². The van der Waals surface area contributed by atoms with Crippen molar-refractivity contribution in [3.8, 4) is 6.07 Å². The number of carbonyl (C=O) groups excluding carboxylic acids is 1. The first-order chi connectivity index (χ1) is 11.2. The second-order valence-corrected chi connectivity index (χ2v) is 6.48. The predicted molar refractivity (Wildman–Crippen MR) is 91.3 cm³/mol. The first kappa shape index (κ1) is 15.7. The second kappa shape index (κ2) is 6.95. The molecule has 0 unspecified atom stereocenters. The van der Waals surface area contributed by atoms with Crippen LogP contribution in [0.4, 0.5) is 0 Å². The lowest BCUT2D eigenvalue weighted by atomic mass is 10.1. The van der Waals surface area contributed by atoms with Gasteiger partial charge in [-0.25, -0.2) is 0 Å². The fourth-order valence-corrected chi connectivity index (χ4v) is 3.76. The first-order valence-corrected chi connectivity index (χ1v) is 8.65. The van der Waals surface area contributed by atoms with E-state index in [-0.39, 0.29) is 11.9 Å². The summed E-state index contributed by atoms with van der Waals surface area (Å²) in [6, 6.07) is 12.0. The zero-order valence-corrected chi connectivity index (χ0v) is 13.9. The fourth-order valence-electron chi connectivity index (χ4n) is 2.94. The minimum atomic E-state index is -0.240. The third-order valence-electron chi connectivity index (χ3n) is 4.29. The number of amides is 1. The van der Waals surface area contributed by atoms with Gasteiger partial charge in [-0.1, -0.05) is 30.3 Å². The Kier molecular flexibility index (Phi) is 4.75. The van der Waals surface area contributed by atoms with E-state index in [9.17, 15) is 10.1 Å². The van der Waals surface area contributed by atoms with Crippen molar-refractivity contribution in [3.05, 3.63) is 57.8 Å². The highest BCUT2D eigenvalue weighted by atomic mass is 32.1. The highest BCUT2D eigenvalue weighted by molar-refractivity contribution is 7.08. The van der Waals surface area contributed by atoms with Gasteiger partial charge in [-0.05, 0) is 23.4 Å². The monoisotopic (exact) mass is 325 g/mol. The molecule has 3 rings (SSSR count). The van der Waals surface area contributed by atoms with E-state index in [0.717, 1.165) is 29.8 Å².